The fourth-order valence-electron chi connectivity index (χ4n) is 2.49. The predicted molar refractivity (Wildman–Crippen MR) is 78.1 cm³/mol. The molecule has 0 saturated heterocycles. The van der Waals surface area contributed by atoms with Crippen LogP contribution in [0.25, 0.3) is 11.0 Å². The second-order valence-electron chi connectivity index (χ2n) is 4.68. The number of aromatic amines is 1. The number of thioether (sulfide) groups is 1. The van der Waals surface area contributed by atoms with Gasteiger partial charge in [-0.05, 0) is 25.5 Å². The van der Waals surface area contributed by atoms with Crippen molar-refractivity contribution in [3.63, 3.8) is 0 Å². The van der Waals surface area contributed by atoms with Gasteiger partial charge in [0.15, 0.2) is 5.65 Å². The molecule has 3 rings (SSSR count). The average molecular weight is 279 g/mol. The molecule has 2 atom stereocenters. The normalized spacial score (nSPS) is 22.8. The van der Waals surface area contributed by atoms with Crippen LogP contribution < -0.4 is 16.6 Å². The first-order valence-corrected chi connectivity index (χ1v) is 7.56. The number of H-pyrrole nitrogens is 1. The van der Waals surface area contributed by atoms with Gasteiger partial charge in [0, 0.05) is 11.3 Å². The van der Waals surface area contributed by atoms with Crippen molar-refractivity contribution in [2.75, 3.05) is 17.0 Å². The van der Waals surface area contributed by atoms with Crippen LogP contribution in [0.15, 0.2) is 6.20 Å². The van der Waals surface area contributed by atoms with Crippen molar-refractivity contribution in [3.05, 3.63) is 6.20 Å². The van der Waals surface area contributed by atoms with Gasteiger partial charge >= 0.3 is 0 Å². The number of anilines is 2. The molecule has 5 N–H and O–H groups in total. The molecule has 1 aliphatic carbocycles. The summed E-state index contributed by atoms with van der Waals surface area (Å²) in [6.45, 7) is 0. The van der Waals surface area contributed by atoms with E-state index in [1.54, 1.807) is 6.20 Å². The number of fused-ring (bicyclic) bond motifs is 1. The lowest BCUT2D eigenvalue weighted by Crippen LogP contribution is -2.18. The second kappa shape index (κ2) is 5.22. The van der Waals surface area contributed by atoms with Gasteiger partial charge in [0.05, 0.1) is 11.6 Å². The summed E-state index contributed by atoms with van der Waals surface area (Å²) in [6, 6.07) is 0.455. The quantitative estimate of drug-likeness (QED) is 0.494. The molecule has 0 aromatic carbocycles. The summed E-state index contributed by atoms with van der Waals surface area (Å²) in [5.74, 6) is 6.57. The van der Waals surface area contributed by atoms with Gasteiger partial charge in [0.1, 0.15) is 5.82 Å². The van der Waals surface area contributed by atoms with Gasteiger partial charge in [-0.3, -0.25) is 10.5 Å². The monoisotopic (exact) mass is 279 g/mol. The molecule has 2 aromatic rings. The van der Waals surface area contributed by atoms with Gasteiger partial charge in [-0.15, -0.1) is 0 Å². The smallest absolute Gasteiger partial charge is 0.241 e. The van der Waals surface area contributed by atoms with Crippen molar-refractivity contribution in [2.24, 2.45) is 5.84 Å². The van der Waals surface area contributed by atoms with Crippen molar-refractivity contribution >= 4 is 34.6 Å². The first kappa shape index (κ1) is 12.5. The Hall–Kier alpha value is -1.54. The van der Waals surface area contributed by atoms with Gasteiger partial charge in [-0.1, -0.05) is 0 Å². The van der Waals surface area contributed by atoms with Gasteiger partial charge in [0.2, 0.25) is 5.95 Å². The molecule has 0 bridgehead atoms. The Kier molecular flexibility index (Phi) is 3.43. The minimum absolute atomic E-state index is 0.388. The molecule has 0 radical (unpaired) electrons. The molecule has 8 heteroatoms. The fourth-order valence-corrected chi connectivity index (χ4v) is 3.28. The Labute approximate surface area is 115 Å². The molecule has 1 fully saturated rings. The van der Waals surface area contributed by atoms with Crippen molar-refractivity contribution in [3.8, 4) is 0 Å². The maximum Gasteiger partial charge on any atom is 0.241 e. The molecule has 19 heavy (non-hydrogen) atoms. The minimum atomic E-state index is 0.388. The van der Waals surface area contributed by atoms with Crippen LogP contribution >= 0.6 is 11.8 Å². The molecule has 0 aliphatic heterocycles. The highest BCUT2D eigenvalue weighted by molar-refractivity contribution is 7.99. The van der Waals surface area contributed by atoms with E-state index in [0.717, 1.165) is 22.9 Å². The van der Waals surface area contributed by atoms with Crippen LogP contribution in [-0.2, 0) is 0 Å². The first-order chi connectivity index (χ1) is 9.30. The van der Waals surface area contributed by atoms with Crippen LogP contribution in [0.5, 0.6) is 0 Å². The maximum atomic E-state index is 5.39. The van der Waals surface area contributed by atoms with E-state index in [-0.39, 0.29) is 0 Å². The molecule has 2 unspecified atom stereocenters. The summed E-state index contributed by atoms with van der Waals surface area (Å²) in [5, 5.41) is 12.0. The number of hydrazine groups is 1. The van der Waals surface area contributed by atoms with E-state index in [4.69, 9.17) is 5.84 Å². The Morgan fingerprint density at radius 1 is 1.42 bits per heavy atom. The van der Waals surface area contributed by atoms with E-state index in [0.29, 0.717) is 17.6 Å². The average Bonchev–Trinajstić information content (AvgIpc) is 3.06. The van der Waals surface area contributed by atoms with Crippen molar-refractivity contribution in [2.45, 2.75) is 30.6 Å². The summed E-state index contributed by atoms with van der Waals surface area (Å²) >= 11 is 1.94. The third-order valence-electron chi connectivity index (χ3n) is 3.50. The molecule has 1 saturated carbocycles. The Balaban J connectivity index is 1.85. The van der Waals surface area contributed by atoms with E-state index >= 15 is 0 Å². The lowest BCUT2D eigenvalue weighted by Gasteiger charge is -2.14. The first-order valence-electron chi connectivity index (χ1n) is 6.27. The van der Waals surface area contributed by atoms with Crippen LogP contribution in [0, 0.1) is 0 Å². The molecule has 2 aromatic heterocycles. The highest BCUT2D eigenvalue weighted by atomic mass is 32.2. The standard InChI is InChI=1S/C11H17N7S/c1-19-7-3-2-6(4-7)14-9-8-5-13-18-10(8)16-11(15-9)17-12/h5-7H,2-4,12H2,1H3,(H3,13,14,15,16,17,18). The number of aromatic nitrogens is 4. The van der Waals surface area contributed by atoms with Crippen LogP contribution in [0.4, 0.5) is 11.8 Å². The molecule has 1 aliphatic rings. The van der Waals surface area contributed by atoms with Crippen molar-refractivity contribution in [1.29, 1.82) is 0 Å². The molecule has 0 spiro atoms. The minimum Gasteiger partial charge on any atom is -0.367 e. The zero-order chi connectivity index (χ0) is 13.2. The second-order valence-corrected chi connectivity index (χ2v) is 5.82. The van der Waals surface area contributed by atoms with Gasteiger partial charge < -0.3 is 5.32 Å². The highest BCUT2D eigenvalue weighted by Gasteiger charge is 2.24. The Morgan fingerprint density at radius 3 is 3.05 bits per heavy atom. The van der Waals surface area contributed by atoms with Gasteiger partial charge in [-0.2, -0.15) is 26.8 Å². The SMILES string of the molecule is CSC1CCC(Nc2nc(NN)nc3[nH]ncc23)C1. The zero-order valence-corrected chi connectivity index (χ0v) is 11.5. The molecule has 0 amide bonds. The number of nitrogens with two attached hydrogens (primary N) is 1. The van der Waals surface area contributed by atoms with Gasteiger partial charge in [-0.25, -0.2) is 5.84 Å². The maximum absolute atomic E-state index is 5.39. The Bertz CT molecular complexity index is 569. The molecule has 102 valence electrons. The lowest BCUT2D eigenvalue weighted by molar-refractivity contribution is 0.753. The molecular weight excluding hydrogens is 262 g/mol. The van der Waals surface area contributed by atoms with Crippen LogP contribution in [0.3, 0.4) is 0 Å². The van der Waals surface area contributed by atoms with E-state index < -0.39 is 0 Å². The number of nitrogens with one attached hydrogen (secondary N) is 3. The number of hydrogen-bond acceptors (Lipinski definition) is 7. The van der Waals surface area contributed by atoms with Crippen LogP contribution in [0.1, 0.15) is 19.3 Å². The number of nitrogens with zero attached hydrogens (tertiary/aromatic N) is 3. The zero-order valence-electron chi connectivity index (χ0n) is 10.7. The number of rotatable bonds is 4. The summed E-state index contributed by atoms with van der Waals surface area (Å²) in [7, 11) is 0. The van der Waals surface area contributed by atoms with E-state index in [1.807, 2.05) is 11.8 Å². The number of hydrogen-bond donors (Lipinski definition) is 4. The lowest BCUT2D eigenvalue weighted by atomic mass is 10.2. The molecule has 7 nitrogen and oxygen atoms in total. The highest BCUT2D eigenvalue weighted by Crippen LogP contribution is 2.31. The molecule has 2 heterocycles. The number of nitrogen functional groups attached to an aromatic ring is 1. The van der Waals surface area contributed by atoms with E-state index in [2.05, 4.69) is 37.2 Å². The van der Waals surface area contributed by atoms with Crippen LogP contribution in [-0.4, -0.2) is 37.7 Å². The largest absolute Gasteiger partial charge is 0.367 e. The fraction of sp³-hybridized carbons (Fsp3) is 0.545. The molecular formula is C11H17N7S. The van der Waals surface area contributed by atoms with Crippen LogP contribution in [0.2, 0.25) is 0 Å². The van der Waals surface area contributed by atoms with Crippen molar-refractivity contribution < 1.29 is 0 Å². The van der Waals surface area contributed by atoms with E-state index in [9.17, 15) is 0 Å². The van der Waals surface area contributed by atoms with E-state index in [1.165, 1.54) is 12.8 Å². The third-order valence-corrected chi connectivity index (χ3v) is 4.59. The predicted octanol–water partition coefficient (Wildman–Crippen LogP) is 1.33. The Morgan fingerprint density at radius 2 is 2.32 bits per heavy atom. The summed E-state index contributed by atoms with van der Waals surface area (Å²) < 4.78 is 0. The topological polar surface area (TPSA) is 105 Å². The van der Waals surface area contributed by atoms with Crippen molar-refractivity contribution in [1.82, 2.24) is 20.2 Å². The van der Waals surface area contributed by atoms with Gasteiger partial charge in [0.25, 0.3) is 0 Å². The summed E-state index contributed by atoms with van der Waals surface area (Å²) in [6.07, 6.45) is 7.48. The summed E-state index contributed by atoms with van der Waals surface area (Å²) in [5.41, 5.74) is 3.17. The summed E-state index contributed by atoms with van der Waals surface area (Å²) in [4.78, 5) is 8.59. The third kappa shape index (κ3) is 2.45.